The fourth-order valence-corrected chi connectivity index (χ4v) is 3.47. The van der Waals surface area contributed by atoms with Crippen molar-refractivity contribution < 1.29 is 19.1 Å². The lowest BCUT2D eigenvalue weighted by atomic mass is 10.1. The Balaban J connectivity index is 1.49. The molecular weight excluding hydrogens is 442 g/mol. The lowest BCUT2D eigenvalue weighted by Crippen LogP contribution is -2.21. The van der Waals surface area contributed by atoms with Gasteiger partial charge in [0.2, 0.25) is 0 Å². The second-order valence-electron chi connectivity index (χ2n) is 7.87. The zero-order chi connectivity index (χ0) is 24.8. The molecule has 1 N–H and O–H groups in total. The van der Waals surface area contributed by atoms with Crippen LogP contribution in [0.4, 0.5) is 0 Å². The van der Waals surface area contributed by atoms with E-state index in [1.54, 1.807) is 49.4 Å². The van der Waals surface area contributed by atoms with Gasteiger partial charge in [0.25, 0.3) is 5.91 Å². The Labute approximate surface area is 203 Å². The van der Waals surface area contributed by atoms with E-state index in [4.69, 9.17) is 9.47 Å². The van der Waals surface area contributed by atoms with Crippen molar-refractivity contribution in [3.8, 4) is 17.2 Å². The Hall–Kier alpha value is -4.65. The van der Waals surface area contributed by atoms with Crippen molar-refractivity contribution >= 4 is 17.6 Å². The van der Waals surface area contributed by atoms with Crippen LogP contribution >= 0.6 is 0 Å². The van der Waals surface area contributed by atoms with Crippen LogP contribution in [0.1, 0.15) is 38.8 Å². The Morgan fingerprint density at radius 3 is 2.26 bits per heavy atom. The van der Waals surface area contributed by atoms with Gasteiger partial charge in [-0.15, -0.1) is 0 Å². The van der Waals surface area contributed by atoms with E-state index in [0.717, 1.165) is 11.3 Å². The molecule has 1 amide bonds. The average molecular weight is 468 g/mol. The molecular formula is C28H25N3O4. The van der Waals surface area contributed by atoms with Gasteiger partial charge < -0.3 is 14.0 Å². The number of methoxy groups -OCH3 is 1. The number of ether oxygens (including phenoxy) is 2. The SMILES string of the molecule is COc1cc(C(C)=NNC(=O)c2ccccc2-n2cccc2)ccc1OC(=O)c1ccc(C)cc1. The van der Waals surface area contributed by atoms with Crippen LogP contribution in [-0.4, -0.2) is 29.3 Å². The first-order chi connectivity index (χ1) is 17.0. The maximum atomic E-state index is 12.8. The van der Waals surface area contributed by atoms with Crippen molar-refractivity contribution in [2.75, 3.05) is 7.11 Å². The van der Waals surface area contributed by atoms with Gasteiger partial charge in [0.15, 0.2) is 11.5 Å². The van der Waals surface area contributed by atoms with Gasteiger partial charge >= 0.3 is 5.97 Å². The minimum Gasteiger partial charge on any atom is -0.493 e. The number of aromatic nitrogens is 1. The van der Waals surface area contributed by atoms with Crippen molar-refractivity contribution in [1.29, 1.82) is 0 Å². The van der Waals surface area contributed by atoms with Crippen LogP contribution in [0.5, 0.6) is 11.5 Å². The predicted molar refractivity (Wildman–Crippen MR) is 135 cm³/mol. The van der Waals surface area contributed by atoms with E-state index in [1.165, 1.54) is 7.11 Å². The highest BCUT2D eigenvalue weighted by atomic mass is 16.6. The normalized spacial score (nSPS) is 11.1. The molecule has 0 spiro atoms. The van der Waals surface area contributed by atoms with Gasteiger partial charge in [0.1, 0.15) is 0 Å². The number of aryl methyl sites for hydroxylation is 1. The average Bonchev–Trinajstić information content (AvgIpc) is 3.42. The maximum absolute atomic E-state index is 12.8. The maximum Gasteiger partial charge on any atom is 0.343 e. The molecule has 0 saturated heterocycles. The number of carbonyl (C=O) groups is 2. The molecule has 7 heteroatoms. The molecule has 0 unspecified atom stereocenters. The van der Waals surface area contributed by atoms with Crippen LogP contribution in [0.2, 0.25) is 0 Å². The van der Waals surface area contributed by atoms with E-state index in [-0.39, 0.29) is 5.91 Å². The first-order valence-corrected chi connectivity index (χ1v) is 11.0. The van der Waals surface area contributed by atoms with Crippen molar-refractivity contribution in [1.82, 2.24) is 9.99 Å². The number of hydrogen-bond acceptors (Lipinski definition) is 5. The van der Waals surface area contributed by atoms with E-state index in [1.807, 2.05) is 60.3 Å². The van der Waals surface area contributed by atoms with Crippen molar-refractivity contribution in [2.24, 2.45) is 5.10 Å². The van der Waals surface area contributed by atoms with Crippen LogP contribution in [0.3, 0.4) is 0 Å². The van der Waals surface area contributed by atoms with Gasteiger partial charge in [-0.2, -0.15) is 5.10 Å². The molecule has 4 aromatic rings. The van der Waals surface area contributed by atoms with Gasteiger partial charge in [0, 0.05) is 18.0 Å². The topological polar surface area (TPSA) is 81.9 Å². The summed E-state index contributed by atoms with van der Waals surface area (Å²) in [5.74, 6) is -0.138. The summed E-state index contributed by atoms with van der Waals surface area (Å²) >= 11 is 0. The number of carbonyl (C=O) groups excluding carboxylic acids is 2. The van der Waals surface area contributed by atoms with E-state index in [0.29, 0.717) is 33.9 Å². The number of benzene rings is 3. The van der Waals surface area contributed by atoms with Crippen LogP contribution in [-0.2, 0) is 0 Å². The third-order valence-corrected chi connectivity index (χ3v) is 5.43. The Morgan fingerprint density at radius 2 is 1.54 bits per heavy atom. The number of amides is 1. The fraction of sp³-hybridized carbons (Fsp3) is 0.107. The molecule has 4 rings (SSSR count). The molecule has 0 radical (unpaired) electrons. The predicted octanol–water partition coefficient (Wildman–Crippen LogP) is 5.17. The number of rotatable bonds is 7. The minimum absolute atomic E-state index is 0.291. The third-order valence-electron chi connectivity index (χ3n) is 5.43. The van der Waals surface area contributed by atoms with E-state index in [9.17, 15) is 9.59 Å². The Kier molecular flexibility index (Phi) is 7.07. The molecule has 35 heavy (non-hydrogen) atoms. The van der Waals surface area contributed by atoms with Crippen LogP contribution in [0, 0.1) is 6.92 Å². The number of hydrazone groups is 1. The third kappa shape index (κ3) is 5.47. The summed E-state index contributed by atoms with van der Waals surface area (Å²) in [6.07, 6.45) is 3.75. The standard InChI is InChI=1S/C28H25N3O4/c1-19-10-12-21(13-11-19)28(33)35-25-15-14-22(18-26(25)34-3)20(2)29-30-27(32)23-8-4-5-9-24(23)31-16-6-7-17-31/h4-18H,1-3H3,(H,30,32). The summed E-state index contributed by atoms with van der Waals surface area (Å²) in [6, 6.07) is 23.3. The number of hydrogen-bond donors (Lipinski definition) is 1. The molecule has 0 aliphatic rings. The molecule has 3 aromatic carbocycles. The number of para-hydroxylation sites is 1. The molecule has 0 fully saturated rings. The number of esters is 1. The van der Waals surface area contributed by atoms with Crippen molar-refractivity contribution in [2.45, 2.75) is 13.8 Å². The van der Waals surface area contributed by atoms with E-state index in [2.05, 4.69) is 10.5 Å². The van der Waals surface area contributed by atoms with Crippen LogP contribution in [0.15, 0.2) is 96.4 Å². The second-order valence-corrected chi connectivity index (χ2v) is 7.87. The first kappa shape index (κ1) is 23.5. The van der Waals surface area contributed by atoms with Gasteiger partial charge in [-0.25, -0.2) is 10.2 Å². The lowest BCUT2D eigenvalue weighted by Gasteiger charge is -2.12. The first-order valence-electron chi connectivity index (χ1n) is 11.0. The monoisotopic (exact) mass is 467 g/mol. The summed E-state index contributed by atoms with van der Waals surface area (Å²) in [7, 11) is 1.49. The molecule has 0 aliphatic heterocycles. The molecule has 0 aliphatic carbocycles. The molecule has 0 bridgehead atoms. The highest BCUT2D eigenvalue weighted by Gasteiger charge is 2.15. The molecule has 0 saturated carbocycles. The Morgan fingerprint density at radius 1 is 0.857 bits per heavy atom. The summed E-state index contributed by atoms with van der Waals surface area (Å²) in [6.45, 7) is 3.72. The van der Waals surface area contributed by atoms with Gasteiger partial charge in [-0.05, 0) is 68.4 Å². The molecule has 1 aromatic heterocycles. The summed E-state index contributed by atoms with van der Waals surface area (Å²) in [5.41, 5.74) is 6.64. The lowest BCUT2D eigenvalue weighted by molar-refractivity contribution is 0.0729. The van der Waals surface area contributed by atoms with Crippen LogP contribution in [0.25, 0.3) is 5.69 Å². The molecule has 176 valence electrons. The zero-order valence-corrected chi connectivity index (χ0v) is 19.7. The highest BCUT2D eigenvalue weighted by Crippen LogP contribution is 2.29. The van der Waals surface area contributed by atoms with Gasteiger partial charge in [0.05, 0.1) is 29.6 Å². The zero-order valence-electron chi connectivity index (χ0n) is 19.7. The van der Waals surface area contributed by atoms with Gasteiger partial charge in [-0.3, -0.25) is 4.79 Å². The van der Waals surface area contributed by atoms with Crippen LogP contribution < -0.4 is 14.9 Å². The van der Waals surface area contributed by atoms with Gasteiger partial charge in [-0.1, -0.05) is 29.8 Å². The Bertz CT molecular complexity index is 1370. The number of nitrogens with one attached hydrogen (secondary N) is 1. The van der Waals surface area contributed by atoms with E-state index < -0.39 is 5.97 Å². The largest absolute Gasteiger partial charge is 0.493 e. The molecule has 0 atom stereocenters. The number of nitrogens with zero attached hydrogens (tertiary/aromatic N) is 2. The van der Waals surface area contributed by atoms with Crippen molar-refractivity contribution in [3.05, 3.63) is 114 Å². The van der Waals surface area contributed by atoms with Crippen molar-refractivity contribution in [3.63, 3.8) is 0 Å². The second kappa shape index (κ2) is 10.5. The molecule has 1 heterocycles. The highest BCUT2D eigenvalue weighted by molar-refractivity contribution is 6.02. The quantitative estimate of drug-likeness (QED) is 0.176. The summed E-state index contributed by atoms with van der Waals surface area (Å²) in [5, 5.41) is 4.26. The fourth-order valence-electron chi connectivity index (χ4n) is 3.47. The molecule has 7 nitrogen and oxygen atoms in total. The van der Waals surface area contributed by atoms with E-state index >= 15 is 0 Å². The summed E-state index contributed by atoms with van der Waals surface area (Å²) in [4.78, 5) is 25.3. The minimum atomic E-state index is -0.477. The summed E-state index contributed by atoms with van der Waals surface area (Å²) < 4.78 is 12.8. The smallest absolute Gasteiger partial charge is 0.343 e.